The van der Waals surface area contributed by atoms with Gasteiger partial charge in [-0.25, -0.2) is 0 Å². The van der Waals surface area contributed by atoms with Crippen LogP contribution in [0.2, 0.25) is 0 Å². The molecule has 1 aliphatic carbocycles. The lowest BCUT2D eigenvalue weighted by Crippen LogP contribution is -2.36. The Kier molecular flexibility index (Phi) is 6.40. The lowest BCUT2D eigenvalue weighted by atomic mass is 9.81. The first-order chi connectivity index (χ1) is 14.5. The molecule has 2 unspecified atom stereocenters. The van der Waals surface area contributed by atoms with E-state index in [9.17, 15) is 14.4 Å². The molecule has 0 spiro atoms. The van der Waals surface area contributed by atoms with E-state index in [1.54, 1.807) is 11.9 Å². The van der Waals surface area contributed by atoms with Gasteiger partial charge in [-0.1, -0.05) is 25.0 Å². The molecule has 0 radical (unpaired) electrons. The van der Waals surface area contributed by atoms with Crippen molar-refractivity contribution in [1.82, 2.24) is 9.80 Å². The van der Waals surface area contributed by atoms with Crippen LogP contribution in [0.15, 0.2) is 24.3 Å². The second-order valence-electron chi connectivity index (χ2n) is 9.04. The zero-order chi connectivity index (χ0) is 21.1. The van der Waals surface area contributed by atoms with Gasteiger partial charge in [0.15, 0.2) is 0 Å². The number of piperidine rings is 1. The summed E-state index contributed by atoms with van der Waals surface area (Å²) >= 11 is 0. The molecular weight excluding hydrogens is 378 g/mol. The molecule has 2 aliphatic heterocycles. The molecule has 2 heterocycles. The Bertz CT molecular complexity index is 761. The van der Waals surface area contributed by atoms with Crippen LogP contribution < -0.4 is 4.90 Å². The average Bonchev–Trinajstić information content (AvgIpc) is 3.03. The van der Waals surface area contributed by atoms with Gasteiger partial charge < -0.3 is 9.80 Å². The van der Waals surface area contributed by atoms with Crippen molar-refractivity contribution < 1.29 is 14.4 Å². The van der Waals surface area contributed by atoms with Crippen LogP contribution >= 0.6 is 0 Å². The summed E-state index contributed by atoms with van der Waals surface area (Å²) in [5.74, 6) is -0.442. The number of rotatable bonds is 6. The third-order valence-electron chi connectivity index (χ3n) is 6.98. The van der Waals surface area contributed by atoms with Crippen LogP contribution in [0.3, 0.4) is 0 Å². The van der Waals surface area contributed by atoms with E-state index >= 15 is 0 Å². The molecule has 1 aromatic carbocycles. The number of fused-ring (bicyclic) bond motifs is 1. The number of imide groups is 1. The first-order valence-corrected chi connectivity index (χ1v) is 11.5. The van der Waals surface area contributed by atoms with Gasteiger partial charge in [-0.2, -0.15) is 0 Å². The normalized spacial score (nSPS) is 24.2. The number of benzene rings is 1. The van der Waals surface area contributed by atoms with E-state index in [0.29, 0.717) is 6.54 Å². The van der Waals surface area contributed by atoms with E-state index in [4.69, 9.17) is 0 Å². The second kappa shape index (κ2) is 9.19. The Morgan fingerprint density at radius 2 is 1.53 bits per heavy atom. The van der Waals surface area contributed by atoms with Crippen molar-refractivity contribution in [2.24, 2.45) is 11.8 Å². The molecule has 0 N–H and O–H groups in total. The van der Waals surface area contributed by atoms with Crippen molar-refractivity contribution in [2.75, 3.05) is 31.6 Å². The van der Waals surface area contributed by atoms with E-state index in [-0.39, 0.29) is 42.5 Å². The molecule has 1 aromatic rings. The number of carbonyl (C=O) groups excluding carboxylic acids is 3. The first-order valence-electron chi connectivity index (χ1n) is 11.5. The summed E-state index contributed by atoms with van der Waals surface area (Å²) < 4.78 is 0. The van der Waals surface area contributed by atoms with Crippen LogP contribution in [0.25, 0.3) is 0 Å². The molecule has 3 aliphatic rings. The highest BCUT2D eigenvalue weighted by Gasteiger charge is 2.47. The zero-order valence-electron chi connectivity index (χ0n) is 18.0. The van der Waals surface area contributed by atoms with E-state index in [1.807, 2.05) is 0 Å². The molecule has 1 saturated carbocycles. The standard InChI is InChI=1S/C24H33N3O3/c1-25(17-18-9-11-19(12-10-18)26-14-5-2-6-15-26)22(28)13-16-27-23(29)20-7-3-4-8-21(20)24(27)30/h9-12,20-21H,2-8,13-17H2,1H3. The molecule has 162 valence electrons. The average molecular weight is 412 g/mol. The molecule has 30 heavy (non-hydrogen) atoms. The fourth-order valence-electron chi connectivity index (χ4n) is 5.18. The predicted molar refractivity (Wildman–Crippen MR) is 116 cm³/mol. The highest BCUT2D eigenvalue weighted by molar-refractivity contribution is 6.05. The minimum atomic E-state index is -0.141. The Morgan fingerprint density at radius 1 is 0.933 bits per heavy atom. The molecule has 0 aromatic heterocycles. The second-order valence-corrected chi connectivity index (χ2v) is 9.04. The topological polar surface area (TPSA) is 60.9 Å². The van der Waals surface area contributed by atoms with Crippen molar-refractivity contribution in [3.8, 4) is 0 Å². The van der Waals surface area contributed by atoms with Gasteiger partial charge in [0.1, 0.15) is 0 Å². The number of nitrogens with zero attached hydrogens (tertiary/aromatic N) is 3. The van der Waals surface area contributed by atoms with Crippen molar-refractivity contribution in [2.45, 2.75) is 57.9 Å². The Balaban J connectivity index is 1.27. The fraction of sp³-hybridized carbons (Fsp3) is 0.625. The molecule has 4 rings (SSSR count). The van der Waals surface area contributed by atoms with Gasteiger partial charge in [-0.15, -0.1) is 0 Å². The summed E-state index contributed by atoms with van der Waals surface area (Å²) in [5.41, 5.74) is 2.34. The highest BCUT2D eigenvalue weighted by atomic mass is 16.2. The Morgan fingerprint density at radius 3 is 2.13 bits per heavy atom. The lowest BCUT2D eigenvalue weighted by Gasteiger charge is -2.29. The number of amides is 3. The van der Waals surface area contributed by atoms with Gasteiger partial charge in [0.25, 0.3) is 0 Å². The zero-order valence-corrected chi connectivity index (χ0v) is 18.0. The van der Waals surface area contributed by atoms with Crippen molar-refractivity contribution >= 4 is 23.4 Å². The van der Waals surface area contributed by atoms with Gasteiger partial charge >= 0.3 is 0 Å². The summed E-state index contributed by atoms with van der Waals surface area (Å²) in [5, 5.41) is 0. The van der Waals surface area contributed by atoms with Crippen LogP contribution in [0, 0.1) is 11.8 Å². The summed E-state index contributed by atoms with van der Waals surface area (Å²) in [6, 6.07) is 8.46. The number of likely N-dealkylation sites (tertiary alicyclic amines) is 1. The summed E-state index contributed by atoms with van der Waals surface area (Å²) in [4.78, 5) is 43.2. The van der Waals surface area contributed by atoms with Gasteiger partial charge in [0.2, 0.25) is 17.7 Å². The van der Waals surface area contributed by atoms with E-state index in [2.05, 4.69) is 29.2 Å². The summed E-state index contributed by atoms with van der Waals surface area (Å²) in [7, 11) is 1.79. The fourth-order valence-corrected chi connectivity index (χ4v) is 5.18. The minimum absolute atomic E-state index is 0.0365. The van der Waals surface area contributed by atoms with Crippen LogP contribution in [0.5, 0.6) is 0 Å². The molecular formula is C24H33N3O3. The maximum Gasteiger partial charge on any atom is 0.233 e. The lowest BCUT2D eigenvalue weighted by molar-refractivity contribution is -0.140. The first kappa shape index (κ1) is 20.9. The molecule has 2 saturated heterocycles. The molecule has 6 heteroatoms. The van der Waals surface area contributed by atoms with Crippen molar-refractivity contribution in [1.29, 1.82) is 0 Å². The van der Waals surface area contributed by atoms with Crippen molar-refractivity contribution in [3.05, 3.63) is 29.8 Å². The Labute approximate surface area is 179 Å². The van der Waals surface area contributed by atoms with Crippen LogP contribution in [0.1, 0.15) is 56.9 Å². The van der Waals surface area contributed by atoms with Crippen LogP contribution in [-0.2, 0) is 20.9 Å². The van der Waals surface area contributed by atoms with Gasteiger partial charge in [0, 0.05) is 45.3 Å². The Hall–Kier alpha value is -2.37. The number of hydrogen-bond acceptors (Lipinski definition) is 4. The summed E-state index contributed by atoms with van der Waals surface area (Å²) in [6.07, 6.45) is 7.68. The van der Waals surface area contributed by atoms with E-state index in [0.717, 1.165) is 44.3 Å². The molecule has 6 nitrogen and oxygen atoms in total. The van der Waals surface area contributed by atoms with Crippen LogP contribution in [-0.4, -0.2) is 54.2 Å². The van der Waals surface area contributed by atoms with E-state index < -0.39 is 0 Å². The number of hydrogen-bond donors (Lipinski definition) is 0. The van der Waals surface area contributed by atoms with Crippen LogP contribution in [0.4, 0.5) is 5.69 Å². The molecule has 0 bridgehead atoms. The molecule has 2 atom stereocenters. The predicted octanol–water partition coefficient (Wildman–Crippen LogP) is 3.20. The molecule has 3 fully saturated rings. The van der Waals surface area contributed by atoms with E-state index in [1.165, 1.54) is 29.8 Å². The quantitative estimate of drug-likeness (QED) is 0.675. The minimum Gasteiger partial charge on any atom is -0.372 e. The van der Waals surface area contributed by atoms with Crippen molar-refractivity contribution in [3.63, 3.8) is 0 Å². The molecule has 3 amide bonds. The number of carbonyl (C=O) groups is 3. The number of anilines is 1. The highest BCUT2D eigenvalue weighted by Crippen LogP contribution is 2.38. The maximum atomic E-state index is 12.6. The third-order valence-corrected chi connectivity index (χ3v) is 6.98. The smallest absolute Gasteiger partial charge is 0.233 e. The van der Waals surface area contributed by atoms with Gasteiger partial charge in [-0.05, 0) is 49.8 Å². The SMILES string of the molecule is CN(Cc1ccc(N2CCCCC2)cc1)C(=O)CCN1C(=O)C2CCCCC2C1=O. The monoisotopic (exact) mass is 411 g/mol. The van der Waals surface area contributed by atoms with Gasteiger partial charge in [0.05, 0.1) is 11.8 Å². The largest absolute Gasteiger partial charge is 0.372 e. The maximum absolute atomic E-state index is 12.6. The van der Waals surface area contributed by atoms with Gasteiger partial charge in [-0.3, -0.25) is 19.3 Å². The summed E-state index contributed by atoms with van der Waals surface area (Å²) in [6.45, 7) is 2.98. The third kappa shape index (κ3) is 4.37.